The van der Waals surface area contributed by atoms with E-state index in [1.807, 2.05) is 19.1 Å². The number of oxime groups is 1. The number of fused-ring (bicyclic) bond motifs is 3. The van der Waals surface area contributed by atoms with Crippen molar-refractivity contribution in [1.82, 2.24) is 4.57 Å². The predicted octanol–water partition coefficient (Wildman–Crippen LogP) is 7.31. The first-order valence-corrected chi connectivity index (χ1v) is 12.8. The Morgan fingerprint density at radius 3 is 2.53 bits per heavy atom. The largest absolute Gasteiger partial charge is 0.365 e. The van der Waals surface area contributed by atoms with Crippen LogP contribution in [0.3, 0.4) is 0 Å². The lowest BCUT2D eigenvalue weighted by atomic mass is 9.98. The van der Waals surface area contributed by atoms with Gasteiger partial charge in [0, 0.05) is 46.0 Å². The summed E-state index contributed by atoms with van der Waals surface area (Å²) in [5, 5.41) is 26.9. The Hall–Kier alpha value is -4.51. The highest BCUT2D eigenvalue weighted by Crippen LogP contribution is 2.36. The maximum Gasteiger partial charge on any atom is 0.365 e. The summed E-state index contributed by atoms with van der Waals surface area (Å²) in [4.78, 5) is 28.6. The lowest BCUT2D eigenvalue weighted by molar-refractivity contribution is -0.384. The number of hydrogen-bond acceptors (Lipinski definition) is 6. The number of carbonyl (C=O) groups is 1. The molecule has 0 spiro atoms. The summed E-state index contributed by atoms with van der Waals surface area (Å²) >= 11 is 0. The fourth-order valence-electron chi connectivity index (χ4n) is 4.94. The molecule has 0 fully saturated rings. The third-order valence-corrected chi connectivity index (χ3v) is 7.06. The van der Waals surface area contributed by atoms with Gasteiger partial charge in [0.05, 0.1) is 10.5 Å². The van der Waals surface area contributed by atoms with Crippen LogP contribution in [0.25, 0.3) is 21.8 Å². The molecule has 194 valence electrons. The van der Waals surface area contributed by atoms with Crippen molar-refractivity contribution in [3.05, 3.63) is 87.5 Å². The molecule has 1 unspecified atom stereocenters. The Bertz CT molecular complexity index is 1560. The second kappa shape index (κ2) is 11.7. The molecule has 1 heterocycles. The molecule has 0 bridgehead atoms. The zero-order chi connectivity index (χ0) is 27.2. The van der Waals surface area contributed by atoms with Crippen LogP contribution in [0.15, 0.2) is 65.8 Å². The van der Waals surface area contributed by atoms with E-state index in [9.17, 15) is 20.2 Å². The first kappa shape index (κ1) is 26.6. The van der Waals surface area contributed by atoms with Crippen LogP contribution >= 0.6 is 0 Å². The monoisotopic (exact) mass is 510 g/mol. The zero-order valence-corrected chi connectivity index (χ0v) is 21.8. The fourth-order valence-corrected chi connectivity index (χ4v) is 4.94. The maximum atomic E-state index is 12.4. The van der Waals surface area contributed by atoms with Gasteiger partial charge in [-0.25, -0.2) is 4.79 Å². The minimum Gasteiger partial charge on any atom is -0.340 e. The van der Waals surface area contributed by atoms with Crippen LogP contribution in [-0.2, 0) is 11.4 Å². The molecular formula is C30H30N4O4. The minimum absolute atomic E-state index is 0.00495. The van der Waals surface area contributed by atoms with Gasteiger partial charge in [-0.2, -0.15) is 5.26 Å². The lowest BCUT2D eigenvalue weighted by Gasteiger charge is -2.17. The number of nitrogens with zero attached hydrogens (tertiary/aromatic N) is 4. The van der Waals surface area contributed by atoms with E-state index in [1.54, 1.807) is 48.5 Å². The number of benzene rings is 3. The molecule has 0 aliphatic heterocycles. The second-order valence-corrected chi connectivity index (χ2v) is 9.41. The Balaban J connectivity index is 1.84. The fraction of sp³-hybridized carbons (Fsp3) is 0.300. The van der Waals surface area contributed by atoms with E-state index in [2.05, 4.69) is 23.6 Å². The number of hydrogen-bond donors (Lipinski definition) is 0. The van der Waals surface area contributed by atoms with Crippen LogP contribution < -0.4 is 0 Å². The number of aryl methyl sites for hydroxylation is 1. The number of unbranched alkanes of at least 4 members (excludes halogenated alkanes) is 1. The van der Waals surface area contributed by atoms with E-state index in [0.717, 1.165) is 59.6 Å². The van der Waals surface area contributed by atoms with E-state index >= 15 is 0 Å². The van der Waals surface area contributed by atoms with Gasteiger partial charge < -0.3 is 9.40 Å². The van der Waals surface area contributed by atoms with E-state index in [-0.39, 0.29) is 11.4 Å². The maximum absolute atomic E-state index is 12.4. The van der Waals surface area contributed by atoms with Gasteiger partial charge in [-0.05, 0) is 55.2 Å². The van der Waals surface area contributed by atoms with Crippen molar-refractivity contribution in [1.29, 1.82) is 5.26 Å². The van der Waals surface area contributed by atoms with Gasteiger partial charge in [0.15, 0.2) is 5.71 Å². The average Bonchev–Trinajstić information content (AvgIpc) is 3.25. The molecule has 4 rings (SSSR count). The molecule has 8 nitrogen and oxygen atoms in total. The van der Waals surface area contributed by atoms with E-state index in [4.69, 9.17) is 4.84 Å². The predicted molar refractivity (Wildman–Crippen MR) is 148 cm³/mol. The Morgan fingerprint density at radius 2 is 1.87 bits per heavy atom. The van der Waals surface area contributed by atoms with Crippen molar-refractivity contribution in [3.63, 3.8) is 0 Å². The minimum atomic E-state index is -0.665. The molecule has 0 radical (unpaired) electrons. The summed E-state index contributed by atoms with van der Waals surface area (Å²) in [6, 6.07) is 19.1. The molecule has 0 saturated heterocycles. The summed E-state index contributed by atoms with van der Waals surface area (Å²) in [5.74, 6) is -0.195. The number of non-ortho nitro benzene ring substituents is 1. The van der Waals surface area contributed by atoms with Crippen LogP contribution in [0.5, 0.6) is 0 Å². The lowest BCUT2D eigenvalue weighted by Crippen LogP contribution is -2.10. The van der Waals surface area contributed by atoms with E-state index < -0.39 is 10.9 Å². The Kier molecular flexibility index (Phi) is 8.17. The summed E-state index contributed by atoms with van der Waals surface area (Å²) < 4.78 is 2.23. The number of nitro benzene ring substituents is 1. The molecule has 0 saturated carbocycles. The average molecular weight is 511 g/mol. The van der Waals surface area contributed by atoms with E-state index in [0.29, 0.717) is 17.0 Å². The quantitative estimate of drug-likeness (QED) is 0.0961. The van der Waals surface area contributed by atoms with Crippen molar-refractivity contribution in [2.24, 2.45) is 11.1 Å². The van der Waals surface area contributed by atoms with Crippen LogP contribution in [0.4, 0.5) is 5.69 Å². The first-order valence-electron chi connectivity index (χ1n) is 12.8. The first-order chi connectivity index (χ1) is 18.4. The van der Waals surface area contributed by atoms with Crippen molar-refractivity contribution < 1.29 is 14.6 Å². The van der Waals surface area contributed by atoms with Gasteiger partial charge in [-0.3, -0.25) is 10.1 Å². The zero-order valence-electron chi connectivity index (χ0n) is 21.8. The van der Waals surface area contributed by atoms with Crippen LogP contribution in [0.1, 0.15) is 61.0 Å². The molecule has 1 atom stereocenters. The highest BCUT2D eigenvalue weighted by molar-refractivity contribution is 6.18. The van der Waals surface area contributed by atoms with Gasteiger partial charge in [-0.1, -0.05) is 56.5 Å². The third-order valence-electron chi connectivity index (χ3n) is 7.06. The number of nitriles is 1. The molecule has 1 aromatic heterocycles. The SMILES string of the molecule is CCCCC(CC)Cn1c2ccc([N+](=O)[O-])cc2c2c(C)c(/C(C#N)=N/OC(=O)c3ccccc3)ccc21. The molecule has 0 amide bonds. The Labute approximate surface area is 221 Å². The van der Waals surface area contributed by atoms with Crippen molar-refractivity contribution >= 4 is 39.2 Å². The van der Waals surface area contributed by atoms with Crippen molar-refractivity contribution in [2.75, 3.05) is 0 Å². The van der Waals surface area contributed by atoms with Gasteiger partial charge >= 0.3 is 5.97 Å². The smallest absolute Gasteiger partial charge is 0.340 e. The molecule has 0 aliphatic carbocycles. The highest BCUT2D eigenvalue weighted by Gasteiger charge is 2.21. The molecule has 3 aromatic carbocycles. The highest BCUT2D eigenvalue weighted by atomic mass is 16.7. The molecule has 38 heavy (non-hydrogen) atoms. The number of nitro groups is 1. The summed E-state index contributed by atoms with van der Waals surface area (Å²) in [7, 11) is 0. The van der Waals surface area contributed by atoms with Crippen molar-refractivity contribution in [3.8, 4) is 6.07 Å². The summed E-state index contributed by atoms with van der Waals surface area (Å²) in [6.45, 7) is 7.03. The molecular weight excluding hydrogens is 480 g/mol. The van der Waals surface area contributed by atoms with Gasteiger partial charge in [0.2, 0.25) is 0 Å². The van der Waals surface area contributed by atoms with Crippen LogP contribution in [0.2, 0.25) is 0 Å². The van der Waals surface area contributed by atoms with Gasteiger partial charge in [0.1, 0.15) is 6.07 Å². The number of carbonyl (C=O) groups excluding carboxylic acids is 1. The van der Waals surface area contributed by atoms with E-state index in [1.165, 1.54) is 6.07 Å². The molecule has 0 N–H and O–H groups in total. The summed E-state index contributed by atoms with van der Waals surface area (Å²) in [6.07, 6.45) is 4.41. The normalized spacial score (nSPS) is 12.4. The topological polar surface area (TPSA) is 111 Å². The second-order valence-electron chi connectivity index (χ2n) is 9.41. The van der Waals surface area contributed by atoms with Gasteiger partial charge in [0.25, 0.3) is 5.69 Å². The molecule has 4 aromatic rings. The van der Waals surface area contributed by atoms with Crippen LogP contribution in [0, 0.1) is 34.3 Å². The summed E-state index contributed by atoms with van der Waals surface area (Å²) in [5.41, 5.74) is 3.38. The molecule has 8 heteroatoms. The van der Waals surface area contributed by atoms with Gasteiger partial charge in [-0.15, -0.1) is 0 Å². The molecule has 0 aliphatic rings. The standard InChI is InChI=1S/C30H30N4O4/c1-4-6-10-21(5-2)19-33-27-15-13-23(34(36)37)17-25(27)29-20(3)24(14-16-28(29)33)26(18-31)32-38-30(35)22-11-8-7-9-12-22/h7-9,11-17,21H,4-6,10,19H2,1-3H3/b32-26+. The van der Waals surface area contributed by atoms with Crippen molar-refractivity contribution in [2.45, 2.75) is 53.0 Å². The Morgan fingerprint density at radius 1 is 1.13 bits per heavy atom. The number of rotatable bonds is 10. The van der Waals surface area contributed by atoms with Crippen LogP contribution in [-0.4, -0.2) is 21.2 Å². The number of aromatic nitrogens is 1. The third kappa shape index (κ3) is 5.28.